The topological polar surface area (TPSA) is 80.1 Å². The number of para-hydroxylation sites is 1. The van der Waals surface area contributed by atoms with E-state index in [9.17, 15) is 9.59 Å². The van der Waals surface area contributed by atoms with E-state index in [0.29, 0.717) is 0 Å². The van der Waals surface area contributed by atoms with Crippen molar-refractivity contribution < 1.29 is 9.59 Å². The molecule has 7 nitrogen and oxygen atoms in total. The summed E-state index contributed by atoms with van der Waals surface area (Å²) in [6, 6.07) is 7.62. The third-order valence-electron chi connectivity index (χ3n) is 4.59. The Morgan fingerprint density at radius 1 is 1.21 bits per heavy atom. The zero-order valence-electron chi connectivity index (χ0n) is 16.2. The molecule has 2 amide bonds. The minimum atomic E-state index is -0.210. The van der Waals surface area contributed by atoms with Gasteiger partial charge in [-0.15, -0.1) is 22.0 Å². The first-order valence-electron chi connectivity index (χ1n) is 9.30. The molecule has 28 heavy (non-hydrogen) atoms. The van der Waals surface area contributed by atoms with Crippen LogP contribution in [0.15, 0.2) is 34.3 Å². The number of nitrogens with one attached hydrogen (secondary N) is 1. The summed E-state index contributed by atoms with van der Waals surface area (Å²) >= 11 is 2.96. The maximum atomic E-state index is 12.4. The lowest BCUT2D eigenvalue weighted by atomic mass is 10.2. The van der Waals surface area contributed by atoms with Crippen LogP contribution < -0.4 is 5.32 Å². The lowest BCUT2D eigenvalue weighted by Crippen LogP contribution is -2.36. The van der Waals surface area contributed by atoms with Crippen LogP contribution in [0.25, 0.3) is 0 Å². The van der Waals surface area contributed by atoms with E-state index in [1.165, 1.54) is 23.1 Å². The Morgan fingerprint density at radius 2 is 2.04 bits per heavy atom. The molecular formula is C19H25N5O2S2. The summed E-state index contributed by atoms with van der Waals surface area (Å²) in [5.41, 5.74) is 0.765. The summed E-state index contributed by atoms with van der Waals surface area (Å²) in [6.07, 6.45) is 6.36. The highest BCUT2D eigenvalue weighted by Crippen LogP contribution is 2.25. The van der Waals surface area contributed by atoms with Gasteiger partial charge in [0.2, 0.25) is 11.8 Å². The predicted octanol–water partition coefficient (Wildman–Crippen LogP) is 2.92. The van der Waals surface area contributed by atoms with Crippen LogP contribution in [0.2, 0.25) is 0 Å². The van der Waals surface area contributed by atoms with Gasteiger partial charge in [0.05, 0.1) is 18.0 Å². The zero-order chi connectivity index (χ0) is 19.9. The first kappa shape index (κ1) is 20.7. The van der Waals surface area contributed by atoms with Gasteiger partial charge < -0.3 is 14.8 Å². The van der Waals surface area contributed by atoms with Crippen LogP contribution in [-0.2, 0) is 22.6 Å². The number of fused-ring (bicyclic) bond motifs is 1. The zero-order valence-corrected chi connectivity index (χ0v) is 17.8. The summed E-state index contributed by atoms with van der Waals surface area (Å²) in [5, 5.41) is 12.1. The quantitative estimate of drug-likeness (QED) is 0.695. The van der Waals surface area contributed by atoms with Crippen molar-refractivity contribution in [1.82, 2.24) is 19.7 Å². The van der Waals surface area contributed by atoms with E-state index in [0.717, 1.165) is 47.4 Å². The SMILES string of the molecule is CSc1ccccc1NC(=O)CN(C)C(=O)CSc1nnc2n1CCCCC2. The van der Waals surface area contributed by atoms with E-state index >= 15 is 0 Å². The first-order valence-corrected chi connectivity index (χ1v) is 11.5. The van der Waals surface area contributed by atoms with Crippen molar-refractivity contribution in [1.29, 1.82) is 0 Å². The van der Waals surface area contributed by atoms with Crippen molar-refractivity contribution in [3.8, 4) is 0 Å². The fourth-order valence-corrected chi connectivity index (χ4v) is 4.52. The highest BCUT2D eigenvalue weighted by Gasteiger charge is 2.18. The van der Waals surface area contributed by atoms with Gasteiger partial charge in [-0.1, -0.05) is 30.3 Å². The molecule has 0 aliphatic carbocycles. The highest BCUT2D eigenvalue weighted by atomic mass is 32.2. The van der Waals surface area contributed by atoms with Gasteiger partial charge in [-0.3, -0.25) is 9.59 Å². The van der Waals surface area contributed by atoms with Gasteiger partial charge >= 0.3 is 0 Å². The van der Waals surface area contributed by atoms with Crippen LogP contribution in [0.1, 0.15) is 25.1 Å². The van der Waals surface area contributed by atoms with Crippen molar-refractivity contribution in [2.24, 2.45) is 0 Å². The largest absolute Gasteiger partial charge is 0.336 e. The van der Waals surface area contributed by atoms with Crippen LogP contribution >= 0.6 is 23.5 Å². The standard InChI is InChI=1S/C19H25N5O2S2/c1-23(12-17(25)20-14-8-5-6-9-15(14)27-2)18(26)13-28-19-22-21-16-10-4-3-7-11-24(16)19/h5-6,8-9H,3-4,7,10-13H2,1-2H3,(H,20,25). The van der Waals surface area contributed by atoms with E-state index in [-0.39, 0.29) is 24.1 Å². The molecular weight excluding hydrogens is 394 g/mol. The number of amides is 2. The number of aryl methyl sites for hydroxylation is 1. The second-order valence-corrected chi connectivity index (χ2v) is 8.44. The first-order chi connectivity index (χ1) is 13.6. The van der Waals surface area contributed by atoms with Crippen molar-refractivity contribution in [3.05, 3.63) is 30.1 Å². The number of carbonyl (C=O) groups is 2. The molecule has 2 heterocycles. The lowest BCUT2D eigenvalue weighted by molar-refractivity contribution is -0.131. The van der Waals surface area contributed by atoms with Gasteiger partial charge in [-0.25, -0.2) is 0 Å². The molecule has 1 aromatic carbocycles. The van der Waals surface area contributed by atoms with Crippen LogP contribution in [0.3, 0.4) is 0 Å². The molecule has 1 aliphatic heterocycles. The number of thioether (sulfide) groups is 2. The molecule has 0 atom stereocenters. The van der Waals surface area contributed by atoms with Crippen molar-refractivity contribution in [2.45, 2.75) is 42.3 Å². The Labute approximate surface area is 173 Å². The minimum Gasteiger partial charge on any atom is -0.336 e. The van der Waals surface area contributed by atoms with Crippen molar-refractivity contribution in [3.63, 3.8) is 0 Å². The second-order valence-electron chi connectivity index (χ2n) is 6.65. The fraction of sp³-hybridized carbons (Fsp3) is 0.474. The smallest absolute Gasteiger partial charge is 0.244 e. The van der Waals surface area contributed by atoms with Gasteiger partial charge in [0.1, 0.15) is 5.82 Å². The number of aromatic nitrogens is 3. The molecule has 150 valence electrons. The molecule has 0 saturated heterocycles. The number of benzene rings is 1. The van der Waals surface area contributed by atoms with E-state index in [1.807, 2.05) is 30.5 Å². The Bertz CT molecular complexity index is 839. The van der Waals surface area contributed by atoms with Crippen LogP contribution in [0, 0.1) is 0 Å². The number of likely N-dealkylation sites (N-methyl/N-ethyl adjacent to an activating group) is 1. The van der Waals surface area contributed by atoms with Crippen molar-refractivity contribution in [2.75, 3.05) is 30.9 Å². The molecule has 1 aliphatic rings. The Balaban J connectivity index is 1.51. The van der Waals surface area contributed by atoms with E-state index in [1.54, 1.807) is 18.8 Å². The molecule has 3 rings (SSSR count). The molecule has 0 unspecified atom stereocenters. The van der Waals surface area contributed by atoms with Crippen LogP contribution in [0.5, 0.6) is 0 Å². The van der Waals surface area contributed by atoms with Gasteiger partial charge in [0.15, 0.2) is 5.16 Å². The third-order valence-corrected chi connectivity index (χ3v) is 6.34. The normalized spacial score (nSPS) is 13.5. The van der Waals surface area contributed by atoms with Crippen LogP contribution in [0.4, 0.5) is 5.69 Å². The van der Waals surface area contributed by atoms with Gasteiger partial charge in [-0.2, -0.15) is 0 Å². The van der Waals surface area contributed by atoms with E-state index in [2.05, 4.69) is 20.1 Å². The number of anilines is 1. The van der Waals surface area contributed by atoms with E-state index in [4.69, 9.17) is 0 Å². The number of hydrogen-bond acceptors (Lipinski definition) is 6. The van der Waals surface area contributed by atoms with Gasteiger partial charge in [0.25, 0.3) is 0 Å². The Morgan fingerprint density at radius 3 is 2.86 bits per heavy atom. The Kier molecular flexibility index (Phi) is 7.38. The van der Waals surface area contributed by atoms with Gasteiger partial charge in [0, 0.05) is 24.9 Å². The highest BCUT2D eigenvalue weighted by molar-refractivity contribution is 7.99. The lowest BCUT2D eigenvalue weighted by Gasteiger charge is -2.17. The minimum absolute atomic E-state index is 0.0139. The fourth-order valence-electron chi connectivity index (χ4n) is 3.04. The molecule has 0 fully saturated rings. The Hall–Kier alpha value is -2.00. The summed E-state index contributed by atoms with van der Waals surface area (Å²) < 4.78 is 2.12. The predicted molar refractivity (Wildman–Crippen MR) is 113 cm³/mol. The van der Waals surface area contributed by atoms with Crippen LogP contribution in [-0.4, -0.2) is 57.1 Å². The maximum Gasteiger partial charge on any atom is 0.244 e. The number of rotatable bonds is 7. The summed E-state index contributed by atoms with van der Waals surface area (Å²) in [7, 11) is 1.65. The molecule has 1 N–H and O–H groups in total. The molecule has 0 bridgehead atoms. The number of carbonyl (C=O) groups excluding carboxylic acids is 2. The molecule has 2 aromatic rings. The third kappa shape index (κ3) is 5.29. The van der Waals surface area contributed by atoms with Gasteiger partial charge in [-0.05, 0) is 31.2 Å². The average Bonchev–Trinajstić information content (AvgIpc) is 2.92. The number of hydrogen-bond donors (Lipinski definition) is 1. The molecule has 0 radical (unpaired) electrons. The van der Waals surface area contributed by atoms with Crippen molar-refractivity contribution >= 4 is 41.0 Å². The summed E-state index contributed by atoms with van der Waals surface area (Å²) in [5.74, 6) is 0.930. The van der Waals surface area contributed by atoms with E-state index < -0.39 is 0 Å². The molecule has 9 heteroatoms. The maximum absolute atomic E-state index is 12.4. The summed E-state index contributed by atoms with van der Waals surface area (Å²) in [4.78, 5) is 27.2. The molecule has 0 spiro atoms. The monoisotopic (exact) mass is 419 g/mol. The molecule has 0 saturated carbocycles. The number of nitrogens with zero attached hydrogens (tertiary/aromatic N) is 4. The average molecular weight is 420 g/mol. The molecule has 1 aromatic heterocycles. The summed E-state index contributed by atoms with van der Waals surface area (Å²) in [6.45, 7) is 0.923. The second kappa shape index (κ2) is 9.97.